The van der Waals surface area contributed by atoms with Crippen LogP contribution in [0.3, 0.4) is 0 Å². The maximum atomic E-state index is 11.7. The topological polar surface area (TPSA) is 113 Å². The summed E-state index contributed by atoms with van der Waals surface area (Å²) in [6.45, 7) is 2.16. The van der Waals surface area contributed by atoms with E-state index in [0.717, 1.165) is 90.1 Å². The van der Waals surface area contributed by atoms with Gasteiger partial charge in [0.25, 0.3) is 0 Å². The van der Waals surface area contributed by atoms with Crippen molar-refractivity contribution in [3.63, 3.8) is 0 Å². The van der Waals surface area contributed by atoms with Crippen LogP contribution in [0.4, 0.5) is 5.69 Å². The van der Waals surface area contributed by atoms with Crippen molar-refractivity contribution in [3.8, 4) is 24.3 Å². The molecule has 0 saturated heterocycles. The number of rotatable bonds is 7. The van der Waals surface area contributed by atoms with Gasteiger partial charge in [-0.1, -0.05) is 146 Å². The number of nitrogens with zero attached hydrogens (tertiary/aromatic N) is 8. The molecular formula is C69H48N8. The first kappa shape index (κ1) is 45.5. The van der Waals surface area contributed by atoms with Crippen LogP contribution in [0.1, 0.15) is 60.3 Å². The number of hydrogen-bond donors (Lipinski definition) is 0. The standard InChI is InChI=1S/C69H48N8/c1-43(39-71)69(74-42-46-26-29-47(75-59-22-10-6-18-52(59)53-19-7-11-23-60(53)75)30-32-51(46)67-49-16-4-2-14-44(49)27-33-65(67)74)58(41-73)57(40-72)64(36-37-70)77-63-35-31-48(38-56(63)68-50-17-5-3-15-45(50)28-34-66(68)77)76-61-24-12-8-20-54(61)55-21-9-13-25-62(55)76/h2-10,12-22,24-31,33-35,43,48H,11,23,32,36,38,42H2,1H3/b64-57+,69-58+. The molecule has 0 saturated carbocycles. The van der Waals surface area contributed by atoms with Gasteiger partial charge in [-0.05, 0) is 113 Å². The van der Waals surface area contributed by atoms with Crippen molar-refractivity contribution >= 4 is 100.0 Å². The smallest absolute Gasteiger partial charge is 0.102 e. The molecule has 8 heteroatoms. The van der Waals surface area contributed by atoms with Crippen molar-refractivity contribution in [1.29, 1.82) is 21.0 Å². The van der Waals surface area contributed by atoms with Gasteiger partial charge < -0.3 is 18.6 Å². The summed E-state index contributed by atoms with van der Waals surface area (Å²) in [5.74, 6) is -0.835. The number of allylic oxidation sites excluding steroid dienone is 10. The third-order valence-corrected chi connectivity index (χ3v) is 16.6. The van der Waals surface area contributed by atoms with Gasteiger partial charge in [0, 0.05) is 73.0 Å². The Bertz CT molecular complexity index is 4600. The largest absolute Gasteiger partial charge is 0.338 e. The summed E-state index contributed by atoms with van der Waals surface area (Å²) in [4.78, 5) is 2.11. The van der Waals surface area contributed by atoms with Crippen molar-refractivity contribution in [1.82, 2.24) is 13.7 Å². The lowest BCUT2D eigenvalue weighted by Gasteiger charge is -2.37. The minimum Gasteiger partial charge on any atom is -0.338 e. The lowest BCUT2D eigenvalue weighted by atomic mass is 9.85. The van der Waals surface area contributed by atoms with Gasteiger partial charge in [-0.2, -0.15) is 21.0 Å². The molecule has 7 aromatic carbocycles. The molecule has 2 unspecified atom stereocenters. The van der Waals surface area contributed by atoms with Crippen LogP contribution in [0.25, 0.3) is 94.3 Å². The fraction of sp³-hybridized carbons (Fsp3) is 0.130. The first-order valence-corrected chi connectivity index (χ1v) is 26.4. The molecule has 0 N–H and O–H groups in total. The van der Waals surface area contributed by atoms with Crippen LogP contribution in [0.2, 0.25) is 0 Å². The summed E-state index contributed by atoms with van der Waals surface area (Å²) in [5.41, 5.74) is 15.0. The van der Waals surface area contributed by atoms with Gasteiger partial charge >= 0.3 is 0 Å². The van der Waals surface area contributed by atoms with Gasteiger partial charge in [0.15, 0.2) is 0 Å². The zero-order chi connectivity index (χ0) is 51.9. The minimum absolute atomic E-state index is 0.0503. The van der Waals surface area contributed by atoms with E-state index in [9.17, 15) is 21.0 Å². The van der Waals surface area contributed by atoms with E-state index in [-0.39, 0.29) is 23.6 Å². The van der Waals surface area contributed by atoms with E-state index in [1.165, 1.54) is 38.5 Å². The Morgan fingerprint density at radius 1 is 0.649 bits per heavy atom. The molecule has 4 aliphatic rings. The van der Waals surface area contributed by atoms with E-state index in [2.05, 4.69) is 219 Å². The van der Waals surface area contributed by atoms with E-state index in [0.29, 0.717) is 30.8 Å². The average Bonchev–Trinajstić information content (AvgIpc) is 4.24. The predicted molar refractivity (Wildman–Crippen MR) is 313 cm³/mol. The molecule has 1 aliphatic heterocycles. The molecule has 10 aromatic rings. The Labute approximate surface area is 445 Å². The molecule has 0 amide bonds. The summed E-state index contributed by atoms with van der Waals surface area (Å²) < 4.78 is 6.92. The molecule has 4 heterocycles. The van der Waals surface area contributed by atoms with Crippen LogP contribution in [-0.4, -0.2) is 20.2 Å². The van der Waals surface area contributed by atoms with Crippen LogP contribution >= 0.6 is 0 Å². The summed E-state index contributed by atoms with van der Waals surface area (Å²) >= 11 is 0. The Hall–Kier alpha value is -10.1. The van der Waals surface area contributed by atoms with E-state index < -0.39 is 5.92 Å². The van der Waals surface area contributed by atoms with Gasteiger partial charge in [0.2, 0.25) is 0 Å². The molecule has 8 nitrogen and oxygen atoms in total. The Morgan fingerprint density at radius 2 is 1.31 bits per heavy atom. The normalized spacial score (nSPS) is 16.7. The quantitative estimate of drug-likeness (QED) is 0.117. The molecule has 0 spiro atoms. The lowest BCUT2D eigenvalue weighted by Crippen LogP contribution is -2.33. The molecule has 364 valence electrons. The van der Waals surface area contributed by atoms with Crippen LogP contribution < -0.4 is 4.90 Å². The lowest BCUT2D eigenvalue weighted by molar-refractivity contribution is 0.636. The second-order valence-electron chi connectivity index (χ2n) is 20.5. The highest BCUT2D eigenvalue weighted by Gasteiger charge is 2.35. The Balaban J connectivity index is 0.970. The van der Waals surface area contributed by atoms with E-state index >= 15 is 0 Å². The molecule has 14 rings (SSSR count). The van der Waals surface area contributed by atoms with Gasteiger partial charge in [-0.25, -0.2) is 0 Å². The zero-order valence-corrected chi connectivity index (χ0v) is 42.4. The number of aromatic nitrogens is 3. The van der Waals surface area contributed by atoms with Crippen LogP contribution in [-0.2, 0) is 12.8 Å². The summed E-state index contributed by atoms with van der Waals surface area (Å²) in [6, 6.07) is 60.8. The van der Waals surface area contributed by atoms with Crippen LogP contribution in [0.5, 0.6) is 0 Å². The number of anilines is 1. The van der Waals surface area contributed by atoms with E-state index in [4.69, 9.17) is 0 Å². The number of benzene rings is 7. The molecule has 0 fully saturated rings. The second-order valence-corrected chi connectivity index (χ2v) is 20.5. The van der Waals surface area contributed by atoms with Gasteiger partial charge in [-0.3, -0.25) is 0 Å². The number of hydrogen-bond acceptors (Lipinski definition) is 5. The Morgan fingerprint density at radius 3 is 2.04 bits per heavy atom. The van der Waals surface area contributed by atoms with Crippen LogP contribution in [0.15, 0.2) is 198 Å². The average molecular weight is 989 g/mol. The maximum Gasteiger partial charge on any atom is 0.102 e. The summed E-state index contributed by atoms with van der Waals surface area (Å²) in [7, 11) is 0. The fourth-order valence-electron chi connectivity index (χ4n) is 13.3. The third-order valence-electron chi connectivity index (χ3n) is 16.6. The first-order valence-electron chi connectivity index (χ1n) is 26.4. The maximum absolute atomic E-state index is 11.7. The number of para-hydroxylation sites is 3. The molecular weight excluding hydrogens is 941 g/mol. The van der Waals surface area contributed by atoms with Gasteiger partial charge in [-0.15, -0.1) is 0 Å². The van der Waals surface area contributed by atoms with Crippen molar-refractivity contribution in [2.45, 2.75) is 45.1 Å². The highest BCUT2D eigenvalue weighted by Crippen LogP contribution is 2.48. The zero-order valence-electron chi connectivity index (χ0n) is 42.4. The minimum atomic E-state index is -0.835. The van der Waals surface area contributed by atoms with Gasteiger partial charge in [0.1, 0.15) is 12.1 Å². The molecule has 0 radical (unpaired) electrons. The monoisotopic (exact) mass is 988 g/mol. The van der Waals surface area contributed by atoms with E-state index in [1.54, 1.807) is 0 Å². The highest BCUT2D eigenvalue weighted by atomic mass is 15.2. The van der Waals surface area contributed by atoms with Crippen LogP contribution in [0, 0.1) is 51.2 Å². The fourth-order valence-corrected chi connectivity index (χ4v) is 13.3. The predicted octanol–water partition coefficient (Wildman–Crippen LogP) is 16.1. The van der Waals surface area contributed by atoms with Crippen molar-refractivity contribution in [2.75, 3.05) is 11.4 Å². The van der Waals surface area contributed by atoms with Crippen molar-refractivity contribution in [3.05, 3.63) is 226 Å². The van der Waals surface area contributed by atoms with Gasteiger partial charge in [0.05, 0.1) is 64.1 Å². The van der Waals surface area contributed by atoms with Crippen molar-refractivity contribution < 1.29 is 0 Å². The molecule has 0 bridgehead atoms. The van der Waals surface area contributed by atoms with Crippen molar-refractivity contribution in [2.24, 2.45) is 5.92 Å². The number of nitriles is 4. The highest BCUT2D eigenvalue weighted by molar-refractivity contribution is 6.12. The molecule has 3 aromatic heterocycles. The molecule has 77 heavy (non-hydrogen) atoms. The molecule has 3 aliphatic carbocycles. The third kappa shape index (κ3) is 6.87. The SMILES string of the molecule is CC(C#N)/C(=C(C#N)\C(C#N)=C(/CC#N)n1c2c(c3c4ccccc4ccc31)CC(n1c3ccccc3c3ccccc31)C=C2)N1CC2=C(CC=C(n3c4c(c5ccccc53)C=CCC4)C=C2)c2c1ccc1ccccc21. The summed E-state index contributed by atoms with van der Waals surface area (Å²) in [5, 5.41) is 54.4. The van der Waals surface area contributed by atoms with E-state index in [1.807, 2.05) is 19.1 Å². The molecule has 2 atom stereocenters. The number of fused-ring (bicyclic) bond motifs is 15. The Kier molecular flexibility index (Phi) is 10.7. The second kappa shape index (κ2) is 18.1. The first-order chi connectivity index (χ1) is 38.0. The summed E-state index contributed by atoms with van der Waals surface area (Å²) in [6.07, 6.45) is 18.8.